The summed E-state index contributed by atoms with van der Waals surface area (Å²) in [5, 5.41) is 21.3. The molecule has 31 heavy (non-hydrogen) atoms. The molecule has 0 fully saturated rings. The van der Waals surface area contributed by atoms with Gasteiger partial charge in [-0.05, 0) is 41.0 Å². The Kier molecular flexibility index (Phi) is 5.87. The molecule has 0 radical (unpaired) electrons. The van der Waals surface area contributed by atoms with E-state index in [9.17, 15) is 10.2 Å². The van der Waals surface area contributed by atoms with E-state index in [2.05, 4.69) is 0 Å². The number of rotatable bonds is 7. The number of aliphatic hydroxyl groups is 1. The fourth-order valence-electron chi connectivity index (χ4n) is 3.79. The number of benzene rings is 4. The summed E-state index contributed by atoms with van der Waals surface area (Å²) in [4.78, 5) is 0. The number of aromatic hydroxyl groups is 1. The molecule has 4 aromatic carbocycles. The SMILES string of the molecule is COC(O)(OC(c1ccccc1)(c1ccccc1)c1ccccc1)c1ccc(O)cc1. The molecule has 4 nitrogen and oxygen atoms in total. The fraction of sp³-hybridized carbons (Fsp3) is 0.111. The molecule has 0 aliphatic carbocycles. The van der Waals surface area contributed by atoms with E-state index >= 15 is 0 Å². The summed E-state index contributed by atoms with van der Waals surface area (Å²) in [6, 6.07) is 35.3. The van der Waals surface area contributed by atoms with Crippen molar-refractivity contribution in [1.82, 2.24) is 0 Å². The first kappa shape index (κ1) is 20.8. The predicted molar refractivity (Wildman–Crippen MR) is 119 cm³/mol. The van der Waals surface area contributed by atoms with E-state index in [0.29, 0.717) is 5.56 Å². The maximum atomic E-state index is 11.6. The molecule has 0 saturated carbocycles. The van der Waals surface area contributed by atoms with Crippen molar-refractivity contribution >= 4 is 0 Å². The summed E-state index contributed by atoms with van der Waals surface area (Å²) in [7, 11) is 1.39. The monoisotopic (exact) mass is 412 g/mol. The van der Waals surface area contributed by atoms with E-state index in [-0.39, 0.29) is 5.75 Å². The van der Waals surface area contributed by atoms with Crippen molar-refractivity contribution in [2.24, 2.45) is 0 Å². The maximum absolute atomic E-state index is 11.6. The Labute approximate surface area is 182 Å². The second kappa shape index (κ2) is 8.74. The van der Waals surface area contributed by atoms with Gasteiger partial charge in [0, 0.05) is 12.7 Å². The van der Waals surface area contributed by atoms with Gasteiger partial charge in [0.25, 0.3) is 0 Å². The zero-order valence-electron chi connectivity index (χ0n) is 17.2. The average Bonchev–Trinajstić information content (AvgIpc) is 2.84. The third-order valence-corrected chi connectivity index (χ3v) is 5.34. The van der Waals surface area contributed by atoms with Gasteiger partial charge in [-0.1, -0.05) is 91.0 Å². The van der Waals surface area contributed by atoms with E-state index in [1.54, 1.807) is 12.1 Å². The van der Waals surface area contributed by atoms with Crippen molar-refractivity contribution in [1.29, 1.82) is 0 Å². The topological polar surface area (TPSA) is 58.9 Å². The Balaban J connectivity index is 1.99. The first-order valence-electron chi connectivity index (χ1n) is 10.0. The average molecular weight is 412 g/mol. The predicted octanol–water partition coefficient (Wildman–Crippen LogP) is 5.15. The van der Waals surface area contributed by atoms with Crippen molar-refractivity contribution < 1.29 is 19.7 Å². The minimum atomic E-state index is -2.09. The normalized spacial score (nSPS) is 13.5. The molecule has 0 heterocycles. The van der Waals surface area contributed by atoms with Crippen LogP contribution in [0.4, 0.5) is 0 Å². The van der Waals surface area contributed by atoms with Crippen LogP contribution in [-0.2, 0) is 21.0 Å². The molecular weight excluding hydrogens is 388 g/mol. The molecule has 4 rings (SSSR count). The quantitative estimate of drug-likeness (QED) is 0.326. The number of hydrogen-bond acceptors (Lipinski definition) is 4. The van der Waals surface area contributed by atoms with E-state index in [1.807, 2.05) is 91.0 Å². The van der Waals surface area contributed by atoms with Crippen LogP contribution in [0.1, 0.15) is 22.3 Å². The van der Waals surface area contributed by atoms with Crippen molar-refractivity contribution in [2.75, 3.05) is 7.11 Å². The van der Waals surface area contributed by atoms with Gasteiger partial charge in [-0.15, -0.1) is 0 Å². The number of phenols is 1. The van der Waals surface area contributed by atoms with Crippen LogP contribution in [-0.4, -0.2) is 17.3 Å². The number of ether oxygens (including phenoxy) is 2. The largest absolute Gasteiger partial charge is 0.508 e. The molecule has 0 aliphatic heterocycles. The Morgan fingerprint density at radius 1 is 0.548 bits per heavy atom. The van der Waals surface area contributed by atoms with E-state index in [0.717, 1.165) is 16.7 Å². The third kappa shape index (κ3) is 3.97. The molecular formula is C27H24O4. The van der Waals surface area contributed by atoms with E-state index < -0.39 is 11.6 Å². The van der Waals surface area contributed by atoms with Crippen molar-refractivity contribution in [3.05, 3.63) is 138 Å². The first-order chi connectivity index (χ1) is 15.1. The van der Waals surface area contributed by atoms with Crippen LogP contribution >= 0.6 is 0 Å². The van der Waals surface area contributed by atoms with Gasteiger partial charge >= 0.3 is 5.97 Å². The fourth-order valence-corrected chi connectivity index (χ4v) is 3.79. The summed E-state index contributed by atoms with van der Waals surface area (Å²) >= 11 is 0. The van der Waals surface area contributed by atoms with Crippen LogP contribution in [0, 0.1) is 0 Å². The summed E-state index contributed by atoms with van der Waals surface area (Å²) < 4.78 is 12.1. The van der Waals surface area contributed by atoms with Gasteiger partial charge in [0.2, 0.25) is 0 Å². The van der Waals surface area contributed by atoms with Crippen LogP contribution < -0.4 is 0 Å². The Bertz CT molecular complexity index is 1000. The lowest BCUT2D eigenvalue weighted by Gasteiger charge is -2.41. The molecule has 2 N–H and O–H groups in total. The summed E-state index contributed by atoms with van der Waals surface area (Å²) in [6.45, 7) is 0. The molecule has 4 aromatic rings. The Morgan fingerprint density at radius 3 is 1.29 bits per heavy atom. The van der Waals surface area contributed by atoms with Gasteiger partial charge in [-0.25, -0.2) is 0 Å². The lowest BCUT2D eigenvalue weighted by atomic mass is 9.80. The number of hydrogen-bond donors (Lipinski definition) is 2. The molecule has 0 amide bonds. The highest BCUT2D eigenvalue weighted by Crippen LogP contribution is 2.45. The summed E-state index contributed by atoms with van der Waals surface area (Å²) in [5.41, 5.74) is 1.69. The highest BCUT2D eigenvalue weighted by atomic mass is 16.8. The number of methoxy groups -OCH3 is 1. The Morgan fingerprint density at radius 2 is 0.935 bits per heavy atom. The minimum absolute atomic E-state index is 0.0858. The molecule has 156 valence electrons. The van der Waals surface area contributed by atoms with Gasteiger partial charge in [0.1, 0.15) is 11.4 Å². The molecule has 0 bridgehead atoms. The summed E-state index contributed by atoms with van der Waals surface area (Å²) in [5.74, 6) is -2.00. The van der Waals surface area contributed by atoms with E-state index in [1.165, 1.54) is 19.2 Å². The van der Waals surface area contributed by atoms with Crippen LogP contribution in [0.2, 0.25) is 0 Å². The minimum Gasteiger partial charge on any atom is -0.508 e. The van der Waals surface area contributed by atoms with Gasteiger partial charge < -0.3 is 19.7 Å². The van der Waals surface area contributed by atoms with Crippen LogP contribution in [0.5, 0.6) is 5.75 Å². The van der Waals surface area contributed by atoms with Gasteiger partial charge in [0.15, 0.2) is 0 Å². The van der Waals surface area contributed by atoms with Crippen LogP contribution in [0.3, 0.4) is 0 Å². The highest BCUT2D eigenvalue weighted by Gasteiger charge is 2.46. The molecule has 0 spiro atoms. The molecule has 0 aromatic heterocycles. The summed E-state index contributed by atoms with van der Waals surface area (Å²) in [6.07, 6.45) is 0. The zero-order valence-corrected chi connectivity index (χ0v) is 17.2. The lowest BCUT2D eigenvalue weighted by Crippen LogP contribution is -2.44. The zero-order chi connectivity index (χ0) is 21.7. The Hall–Kier alpha value is -3.44. The molecule has 1 atom stereocenters. The maximum Gasteiger partial charge on any atom is 0.310 e. The number of phenolic OH excluding ortho intramolecular Hbond substituents is 1. The second-order valence-corrected chi connectivity index (χ2v) is 7.21. The van der Waals surface area contributed by atoms with Crippen LogP contribution in [0.15, 0.2) is 115 Å². The van der Waals surface area contributed by atoms with Crippen LogP contribution in [0.25, 0.3) is 0 Å². The molecule has 0 saturated heterocycles. The van der Waals surface area contributed by atoms with Crippen molar-refractivity contribution in [3.63, 3.8) is 0 Å². The van der Waals surface area contributed by atoms with Gasteiger partial charge in [0.05, 0.1) is 0 Å². The van der Waals surface area contributed by atoms with Gasteiger partial charge in [-0.3, -0.25) is 0 Å². The smallest absolute Gasteiger partial charge is 0.310 e. The van der Waals surface area contributed by atoms with Crippen molar-refractivity contribution in [3.8, 4) is 5.75 Å². The van der Waals surface area contributed by atoms with Crippen molar-refractivity contribution in [2.45, 2.75) is 11.6 Å². The molecule has 0 aliphatic rings. The second-order valence-electron chi connectivity index (χ2n) is 7.21. The lowest BCUT2D eigenvalue weighted by molar-refractivity contribution is -0.390. The van der Waals surface area contributed by atoms with Gasteiger partial charge in [-0.2, -0.15) is 0 Å². The third-order valence-electron chi connectivity index (χ3n) is 5.34. The van der Waals surface area contributed by atoms with E-state index in [4.69, 9.17) is 9.47 Å². The standard InChI is InChI=1S/C27H24O4/c1-30-27(29,24-17-19-25(28)20-18-24)31-26(21-11-5-2-6-12-21,22-13-7-3-8-14-22)23-15-9-4-10-16-23/h2-20,28-29H,1H3. The molecule has 4 heteroatoms. The molecule has 1 unspecified atom stereocenters. The first-order valence-corrected chi connectivity index (χ1v) is 10.0. The highest BCUT2D eigenvalue weighted by molar-refractivity contribution is 5.47.